The number of rotatable bonds is 6. The van der Waals surface area contributed by atoms with Gasteiger partial charge in [0.15, 0.2) is 0 Å². The van der Waals surface area contributed by atoms with Crippen LogP contribution in [0.5, 0.6) is 0 Å². The highest BCUT2D eigenvalue weighted by atomic mass is 16.2. The normalized spacial score (nSPS) is 22.2. The lowest BCUT2D eigenvalue weighted by atomic mass is 9.79. The van der Waals surface area contributed by atoms with Crippen molar-refractivity contribution in [2.24, 2.45) is 5.92 Å². The highest BCUT2D eigenvalue weighted by Crippen LogP contribution is 2.41. The van der Waals surface area contributed by atoms with Gasteiger partial charge in [-0.3, -0.25) is 14.5 Å². The largest absolute Gasteiger partial charge is 0.334 e. The van der Waals surface area contributed by atoms with E-state index in [1.54, 1.807) is 0 Å². The average molecular weight is 456 g/mol. The molecule has 1 spiro atoms. The Morgan fingerprint density at radius 1 is 1.21 bits per heavy atom. The summed E-state index contributed by atoms with van der Waals surface area (Å²) < 4.78 is 0. The summed E-state index contributed by atoms with van der Waals surface area (Å²) in [4.78, 5) is 42.9. The van der Waals surface area contributed by atoms with Crippen LogP contribution in [0.4, 0.5) is 4.79 Å². The van der Waals surface area contributed by atoms with E-state index in [-0.39, 0.29) is 24.4 Å². The summed E-state index contributed by atoms with van der Waals surface area (Å²) in [6.07, 6.45) is 10.1. The molecule has 5 rings (SSSR count). The van der Waals surface area contributed by atoms with Crippen LogP contribution in [0.2, 0.25) is 0 Å². The molecule has 0 bridgehead atoms. The van der Waals surface area contributed by atoms with Gasteiger partial charge in [-0.25, -0.2) is 4.79 Å². The predicted molar refractivity (Wildman–Crippen MR) is 128 cm³/mol. The molecule has 174 valence electrons. The van der Waals surface area contributed by atoms with E-state index >= 15 is 0 Å². The summed E-state index contributed by atoms with van der Waals surface area (Å²) in [6.45, 7) is 2.23. The van der Waals surface area contributed by atoms with Crippen LogP contribution in [-0.2, 0) is 28.1 Å². The van der Waals surface area contributed by atoms with Crippen molar-refractivity contribution < 1.29 is 14.4 Å². The minimum Gasteiger partial charge on any atom is -0.334 e. The molecule has 2 aromatic carbocycles. The first-order valence-electron chi connectivity index (χ1n) is 12.0. The van der Waals surface area contributed by atoms with Crippen molar-refractivity contribution >= 4 is 17.8 Å². The average Bonchev–Trinajstić information content (AvgIpc) is 3.29. The summed E-state index contributed by atoms with van der Waals surface area (Å²) in [6, 6.07) is 14.8. The molecule has 2 fully saturated rings. The van der Waals surface area contributed by atoms with Crippen LogP contribution in [0.3, 0.4) is 0 Å². The van der Waals surface area contributed by atoms with Crippen LogP contribution in [-0.4, -0.2) is 40.2 Å². The third-order valence-electron chi connectivity index (χ3n) is 7.83. The minimum absolute atomic E-state index is 0.0236. The lowest BCUT2D eigenvalue weighted by Gasteiger charge is -2.39. The topological polar surface area (TPSA) is 69.7 Å². The van der Waals surface area contributed by atoms with E-state index in [9.17, 15) is 14.4 Å². The molecule has 4 amide bonds. The number of carbonyl (C=O) groups excluding carboxylic acids is 3. The van der Waals surface area contributed by atoms with E-state index in [0.29, 0.717) is 18.9 Å². The molecule has 3 aliphatic rings. The van der Waals surface area contributed by atoms with Gasteiger partial charge in [0.1, 0.15) is 12.1 Å². The second kappa shape index (κ2) is 8.64. The first kappa shape index (κ1) is 22.2. The molecule has 1 saturated heterocycles. The lowest BCUT2D eigenvalue weighted by Crippen LogP contribution is -2.49. The zero-order valence-electron chi connectivity index (χ0n) is 19.4. The Hall–Kier alpha value is -3.59. The molecule has 6 heteroatoms. The first-order chi connectivity index (χ1) is 16.4. The van der Waals surface area contributed by atoms with Crippen molar-refractivity contribution in [3.63, 3.8) is 0 Å². The van der Waals surface area contributed by atoms with Crippen LogP contribution in [0.15, 0.2) is 48.5 Å². The molecule has 2 aliphatic carbocycles. The maximum absolute atomic E-state index is 13.6. The van der Waals surface area contributed by atoms with Crippen LogP contribution in [0.1, 0.15) is 54.9 Å². The highest BCUT2D eigenvalue weighted by molar-refractivity contribution is 6.09. The number of imide groups is 1. The smallest absolute Gasteiger partial charge is 0.325 e. The predicted octanol–water partition coefficient (Wildman–Crippen LogP) is 3.58. The maximum Gasteiger partial charge on any atom is 0.325 e. The van der Waals surface area contributed by atoms with Gasteiger partial charge in [-0.1, -0.05) is 48.7 Å². The molecular formula is C28H29N3O3. The van der Waals surface area contributed by atoms with Crippen LogP contribution in [0, 0.1) is 18.3 Å². The Morgan fingerprint density at radius 3 is 2.62 bits per heavy atom. The fourth-order valence-corrected chi connectivity index (χ4v) is 5.50. The van der Waals surface area contributed by atoms with Crippen LogP contribution >= 0.6 is 0 Å². The van der Waals surface area contributed by atoms with Crippen LogP contribution in [0.25, 0.3) is 0 Å². The van der Waals surface area contributed by atoms with E-state index in [1.165, 1.54) is 6.42 Å². The number of aryl methyl sites for hydroxylation is 1. The molecule has 2 atom stereocenters. The molecule has 0 aromatic heterocycles. The van der Waals surface area contributed by atoms with Gasteiger partial charge < -0.3 is 10.2 Å². The van der Waals surface area contributed by atoms with E-state index in [1.807, 2.05) is 53.4 Å². The maximum atomic E-state index is 13.6. The van der Waals surface area contributed by atoms with E-state index < -0.39 is 11.6 Å². The summed E-state index contributed by atoms with van der Waals surface area (Å²) in [5.41, 5.74) is 2.62. The number of nitrogens with zero attached hydrogens (tertiary/aromatic N) is 2. The van der Waals surface area contributed by atoms with Crippen molar-refractivity contribution in [2.75, 3.05) is 6.54 Å². The number of hydrogen-bond donors (Lipinski definition) is 1. The molecular weight excluding hydrogens is 426 g/mol. The van der Waals surface area contributed by atoms with Crippen molar-refractivity contribution in [3.8, 4) is 12.3 Å². The first-order valence-corrected chi connectivity index (χ1v) is 12.0. The van der Waals surface area contributed by atoms with Gasteiger partial charge in [-0.05, 0) is 67.3 Å². The number of urea groups is 1. The molecule has 1 N–H and O–H groups in total. The molecule has 2 aromatic rings. The molecule has 1 heterocycles. The molecule has 0 radical (unpaired) electrons. The van der Waals surface area contributed by atoms with Crippen molar-refractivity contribution in [1.29, 1.82) is 0 Å². The number of fused-ring (bicyclic) bond motifs is 2. The van der Waals surface area contributed by atoms with E-state index in [2.05, 4.69) is 18.2 Å². The summed E-state index contributed by atoms with van der Waals surface area (Å²) in [5, 5.41) is 2.91. The third kappa shape index (κ3) is 3.66. The van der Waals surface area contributed by atoms with Gasteiger partial charge in [-0.2, -0.15) is 0 Å². The Bertz CT molecular complexity index is 1180. The van der Waals surface area contributed by atoms with Crippen molar-refractivity contribution in [1.82, 2.24) is 15.1 Å². The molecule has 0 unspecified atom stereocenters. The quantitative estimate of drug-likeness (QED) is 0.535. The lowest BCUT2D eigenvalue weighted by molar-refractivity contribution is -0.142. The molecule has 1 aliphatic heterocycles. The standard InChI is InChI=1S/C28H29N3O3/c1-3-20-11-13-21(14-12-20)17-30(19(2)22-8-6-9-22)25(32)18-31-26(33)28(29-27(31)34)16-15-23-7-4-5-10-24(23)28/h1,4-5,7,10-14,19,22H,6,8-9,15-18H2,2H3,(H,29,34)/t19-,28+/m0/s1. The number of amides is 4. The monoisotopic (exact) mass is 455 g/mol. The van der Waals surface area contributed by atoms with E-state index in [4.69, 9.17) is 6.42 Å². The zero-order valence-corrected chi connectivity index (χ0v) is 19.4. The van der Waals surface area contributed by atoms with Crippen LogP contribution < -0.4 is 5.32 Å². The third-order valence-corrected chi connectivity index (χ3v) is 7.83. The van der Waals surface area contributed by atoms with Gasteiger partial charge in [0.2, 0.25) is 5.91 Å². The van der Waals surface area contributed by atoms with Crippen molar-refractivity contribution in [3.05, 3.63) is 70.8 Å². The fraction of sp³-hybridized carbons (Fsp3) is 0.393. The summed E-state index contributed by atoms with van der Waals surface area (Å²) in [5.74, 6) is 2.50. The Labute approximate surface area is 200 Å². The molecule has 1 saturated carbocycles. The van der Waals surface area contributed by atoms with Gasteiger partial charge in [0.25, 0.3) is 5.91 Å². The Kier molecular flexibility index (Phi) is 5.65. The minimum atomic E-state index is -1.05. The van der Waals surface area contributed by atoms with Gasteiger partial charge in [0.05, 0.1) is 0 Å². The molecule has 34 heavy (non-hydrogen) atoms. The molecule has 6 nitrogen and oxygen atoms in total. The second-order valence-corrected chi connectivity index (χ2v) is 9.68. The number of nitrogens with one attached hydrogen (secondary N) is 1. The summed E-state index contributed by atoms with van der Waals surface area (Å²) in [7, 11) is 0. The zero-order chi connectivity index (χ0) is 23.9. The number of benzene rings is 2. The van der Waals surface area contributed by atoms with Gasteiger partial charge >= 0.3 is 6.03 Å². The highest BCUT2D eigenvalue weighted by Gasteiger charge is 2.55. The Balaban J connectivity index is 1.37. The number of terminal acetylenes is 1. The van der Waals surface area contributed by atoms with Gasteiger partial charge in [0, 0.05) is 18.2 Å². The second-order valence-electron chi connectivity index (χ2n) is 9.68. The SMILES string of the molecule is C#Cc1ccc(CN(C(=O)CN2C(=O)N[C@@]3(CCc4ccccc43)C2=O)[C@@H](C)C2CCC2)cc1. The number of carbonyl (C=O) groups is 3. The Morgan fingerprint density at radius 2 is 1.94 bits per heavy atom. The van der Waals surface area contributed by atoms with Crippen molar-refractivity contribution in [2.45, 2.75) is 57.2 Å². The summed E-state index contributed by atoms with van der Waals surface area (Å²) >= 11 is 0. The van der Waals surface area contributed by atoms with Gasteiger partial charge in [-0.15, -0.1) is 6.42 Å². The number of hydrogen-bond acceptors (Lipinski definition) is 3. The van der Waals surface area contributed by atoms with E-state index in [0.717, 1.165) is 46.4 Å². The fourth-order valence-electron chi connectivity index (χ4n) is 5.50.